The van der Waals surface area contributed by atoms with Gasteiger partial charge in [0.15, 0.2) is 5.96 Å². The minimum absolute atomic E-state index is 0.228. The van der Waals surface area contributed by atoms with Crippen molar-refractivity contribution in [2.45, 2.75) is 38.5 Å². The lowest BCUT2D eigenvalue weighted by molar-refractivity contribution is 0.343. The van der Waals surface area contributed by atoms with Gasteiger partial charge >= 0.3 is 0 Å². The van der Waals surface area contributed by atoms with Crippen LogP contribution in [0.3, 0.4) is 0 Å². The van der Waals surface area contributed by atoms with Gasteiger partial charge in [0.25, 0.3) is 0 Å². The molecule has 70 valence electrons. The van der Waals surface area contributed by atoms with Crippen LogP contribution in [0.1, 0.15) is 38.5 Å². The van der Waals surface area contributed by atoms with E-state index in [-0.39, 0.29) is 5.96 Å². The topological polar surface area (TPSA) is 64.4 Å². The first-order chi connectivity index (χ1) is 5.79. The molecule has 0 unspecified atom stereocenters. The van der Waals surface area contributed by atoms with Crippen molar-refractivity contribution in [1.29, 1.82) is 0 Å². The molecule has 4 N–H and O–H groups in total. The first-order valence-corrected chi connectivity index (χ1v) is 4.84. The molecule has 0 amide bonds. The zero-order chi connectivity index (χ0) is 8.81. The van der Waals surface area contributed by atoms with Gasteiger partial charge in [-0.05, 0) is 12.3 Å². The number of guanidine groups is 1. The van der Waals surface area contributed by atoms with Crippen LogP contribution in [0.25, 0.3) is 0 Å². The largest absolute Gasteiger partial charge is 0.370 e. The molecular formula is C9H19N3. The molecule has 12 heavy (non-hydrogen) atoms. The van der Waals surface area contributed by atoms with Crippen LogP contribution in [0.2, 0.25) is 0 Å². The summed E-state index contributed by atoms with van der Waals surface area (Å²) in [6.07, 6.45) is 8.12. The van der Waals surface area contributed by atoms with Gasteiger partial charge in [-0.25, -0.2) is 0 Å². The van der Waals surface area contributed by atoms with Crippen molar-refractivity contribution in [3.05, 3.63) is 0 Å². The van der Waals surface area contributed by atoms with Gasteiger partial charge in [-0.1, -0.05) is 32.1 Å². The van der Waals surface area contributed by atoms with Gasteiger partial charge in [-0.15, -0.1) is 0 Å². The van der Waals surface area contributed by atoms with Crippen LogP contribution in [0, 0.1) is 5.92 Å². The first-order valence-electron chi connectivity index (χ1n) is 4.84. The Morgan fingerprint density at radius 3 is 2.42 bits per heavy atom. The maximum atomic E-state index is 5.24. The minimum atomic E-state index is 0.228. The number of nitrogens with zero attached hydrogens (tertiary/aromatic N) is 1. The van der Waals surface area contributed by atoms with Gasteiger partial charge in [0.2, 0.25) is 0 Å². The third-order valence-corrected chi connectivity index (χ3v) is 2.56. The van der Waals surface area contributed by atoms with Gasteiger partial charge in [0.05, 0.1) is 0 Å². The molecule has 0 aliphatic heterocycles. The van der Waals surface area contributed by atoms with Gasteiger partial charge in [0.1, 0.15) is 0 Å². The lowest BCUT2D eigenvalue weighted by atomic mass is 9.87. The highest BCUT2D eigenvalue weighted by atomic mass is 15.0. The van der Waals surface area contributed by atoms with E-state index in [2.05, 4.69) is 4.99 Å². The van der Waals surface area contributed by atoms with Crippen LogP contribution in [0.15, 0.2) is 4.99 Å². The van der Waals surface area contributed by atoms with Crippen LogP contribution in [-0.2, 0) is 0 Å². The highest BCUT2D eigenvalue weighted by molar-refractivity contribution is 5.75. The van der Waals surface area contributed by atoms with Crippen LogP contribution in [-0.4, -0.2) is 12.5 Å². The summed E-state index contributed by atoms with van der Waals surface area (Å²) in [5.41, 5.74) is 10.5. The Hall–Kier alpha value is -0.730. The van der Waals surface area contributed by atoms with Crippen molar-refractivity contribution in [1.82, 2.24) is 0 Å². The summed E-state index contributed by atoms with van der Waals surface area (Å²) in [7, 11) is 0. The summed E-state index contributed by atoms with van der Waals surface area (Å²) in [5, 5.41) is 0. The molecule has 0 atom stereocenters. The van der Waals surface area contributed by atoms with Crippen molar-refractivity contribution in [2.75, 3.05) is 6.54 Å². The second kappa shape index (κ2) is 5.01. The van der Waals surface area contributed by atoms with Crippen molar-refractivity contribution in [2.24, 2.45) is 22.4 Å². The Labute approximate surface area is 74.2 Å². The van der Waals surface area contributed by atoms with E-state index < -0.39 is 0 Å². The van der Waals surface area contributed by atoms with Gasteiger partial charge in [0, 0.05) is 6.54 Å². The molecule has 3 heteroatoms. The Kier molecular flexibility index (Phi) is 3.91. The van der Waals surface area contributed by atoms with Gasteiger partial charge in [-0.2, -0.15) is 0 Å². The summed E-state index contributed by atoms with van der Waals surface area (Å²) in [6.45, 7) is 0.812. The molecule has 0 bridgehead atoms. The smallest absolute Gasteiger partial charge is 0.185 e. The lowest BCUT2D eigenvalue weighted by Crippen LogP contribution is -2.23. The van der Waals surface area contributed by atoms with E-state index in [1.54, 1.807) is 0 Å². The van der Waals surface area contributed by atoms with Gasteiger partial charge < -0.3 is 11.5 Å². The van der Waals surface area contributed by atoms with E-state index in [4.69, 9.17) is 11.5 Å². The highest BCUT2D eigenvalue weighted by Crippen LogP contribution is 2.25. The van der Waals surface area contributed by atoms with E-state index in [1.165, 1.54) is 32.1 Å². The fourth-order valence-electron chi connectivity index (χ4n) is 1.85. The van der Waals surface area contributed by atoms with Crippen molar-refractivity contribution >= 4 is 5.96 Å². The minimum Gasteiger partial charge on any atom is -0.370 e. The normalized spacial score (nSPS) is 19.0. The molecule has 0 saturated heterocycles. The van der Waals surface area contributed by atoms with Crippen molar-refractivity contribution < 1.29 is 0 Å². The maximum absolute atomic E-state index is 5.24. The quantitative estimate of drug-likeness (QED) is 0.493. The first kappa shape index (κ1) is 9.36. The molecule has 0 radical (unpaired) electrons. The third kappa shape index (κ3) is 3.60. The Bertz CT molecular complexity index is 144. The average Bonchev–Trinajstić information content (AvgIpc) is 2.05. The van der Waals surface area contributed by atoms with E-state index in [0.29, 0.717) is 0 Å². The number of nitrogens with two attached hydrogens (primary N) is 2. The summed E-state index contributed by atoms with van der Waals surface area (Å²) in [5.74, 6) is 1.10. The molecule has 0 aromatic carbocycles. The van der Waals surface area contributed by atoms with Crippen LogP contribution >= 0.6 is 0 Å². The summed E-state index contributed by atoms with van der Waals surface area (Å²) in [6, 6.07) is 0. The number of hydrogen-bond acceptors (Lipinski definition) is 1. The second-order valence-electron chi connectivity index (χ2n) is 3.60. The predicted molar refractivity (Wildman–Crippen MR) is 51.9 cm³/mol. The zero-order valence-corrected chi connectivity index (χ0v) is 7.63. The Morgan fingerprint density at radius 1 is 1.17 bits per heavy atom. The van der Waals surface area contributed by atoms with E-state index >= 15 is 0 Å². The third-order valence-electron chi connectivity index (χ3n) is 2.56. The molecule has 0 aromatic heterocycles. The van der Waals surface area contributed by atoms with E-state index in [9.17, 15) is 0 Å². The standard InChI is InChI=1S/C9H19N3/c10-9(11)12-7-6-8-4-2-1-3-5-8/h8H,1-7H2,(H4,10,11,12). The molecule has 1 aliphatic rings. The van der Waals surface area contributed by atoms with Crippen LogP contribution < -0.4 is 11.5 Å². The monoisotopic (exact) mass is 169 g/mol. The summed E-state index contributed by atoms with van der Waals surface area (Å²) >= 11 is 0. The van der Waals surface area contributed by atoms with E-state index in [1.807, 2.05) is 0 Å². The Balaban J connectivity index is 2.09. The zero-order valence-electron chi connectivity index (χ0n) is 7.63. The summed E-state index contributed by atoms with van der Waals surface area (Å²) < 4.78 is 0. The molecule has 0 spiro atoms. The SMILES string of the molecule is NC(N)=NCCC1CCCCC1. The molecule has 0 aromatic rings. The molecule has 1 fully saturated rings. The van der Waals surface area contributed by atoms with Crippen LogP contribution in [0.4, 0.5) is 0 Å². The number of hydrogen-bond donors (Lipinski definition) is 2. The fraction of sp³-hybridized carbons (Fsp3) is 0.889. The average molecular weight is 169 g/mol. The number of aliphatic imine (C=N–C) groups is 1. The lowest BCUT2D eigenvalue weighted by Gasteiger charge is -2.20. The maximum Gasteiger partial charge on any atom is 0.185 e. The van der Waals surface area contributed by atoms with Crippen molar-refractivity contribution in [3.63, 3.8) is 0 Å². The van der Waals surface area contributed by atoms with Crippen LogP contribution in [0.5, 0.6) is 0 Å². The van der Waals surface area contributed by atoms with Crippen molar-refractivity contribution in [3.8, 4) is 0 Å². The molecule has 3 nitrogen and oxygen atoms in total. The predicted octanol–water partition coefficient (Wildman–Crippen LogP) is 1.23. The fourth-order valence-corrected chi connectivity index (χ4v) is 1.85. The highest BCUT2D eigenvalue weighted by Gasteiger charge is 2.12. The number of rotatable bonds is 3. The summed E-state index contributed by atoms with van der Waals surface area (Å²) in [4.78, 5) is 3.99. The second-order valence-corrected chi connectivity index (χ2v) is 3.60. The van der Waals surface area contributed by atoms with Gasteiger partial charge in [-0.3, -0.25) is 4.99 Å². The Morgan fingerprint density at radius 2 is 1.83 bits per heavy atom. The molecule has 0 heterocycles. The molecule has 1 aliphatic carbocycles. The molecular weight excluding hydrogens is 150 g/mol. The van der Waals surface area contributed by atoms with E-state index in [0.717, 1.165) is 18.9 Å². The molecule has 1 rings (SSSR count). The molecule has 1 saturated carbocycles.